The monoisotopic (exact) mass is 250 g/mol. The van der Waals surface area contributed by atoms with Gasteiger partial charge in [0, 0.05) is 5.92 Å². The van der Waals surface area contributed by atoms with Crippen LogP contribution in [0, 0.1) is 0 Å². The van der Waals surface area contributed by atoms with E-state index in [9.17, 15) is 5.11 Å². The second-order valence-electron chi connectivity index (χ2n) is 5.22. The molecule has 0 aliphatic heterocycles. The van der Waals surface area contributed by atoms with Crippen LogP contribution >= 0.6 is 0 Å². The first-order valence-corrected chi connectivity index (χ1v) is 6.69. The van der Waals surface area contributed by atoms with Crippen molar-refractivity contribution in [3.8, 4) is 0 Å². The van der Waals surface area contributed by atoms with Crippen LogP contribution in [0.25, 0.3) is 10.8 Å². The third-order valence-electron chi connectivity index (χ3n) is 4.20. The lowest BCUT2D eigenvalue weighted by molar-refractivity contribution is 0.282. The molecule has 2 aromatic carbocycles. The minimum atomic E-state index is 0.0906. The summed E-state index contributed by atoms with van der Waals surface area (Å²) in [4.78, 5) is 0. The molecule has 1 aliphatic rings. The van der Waals surface area contributed by atoms with Gasteiger partial charge in [-0.1, -0.05) is 59.7 Å². The molecule has 96 valence electrons. The van der Waals surface area contributed by atoms with E-state index >= 15 is 0 Å². The van der Waals surface area contributed by atoms with Gasteiger partial charge in [-0.05, 0) is 35.7 Å². The molecular formula is C18H18O. The molecule has 1 nitrogen and oxygen atoms in total. The number of allylic oxidation sites excluding steroid dienone is 4. The van der Waals surface area contributed by atoms with Gasteiger partial charge in [-0.25, -0.2) is 0 Å². The van der Waals surface area contributed by atoms with E-state index in [0.29, 0.717) is 5.92 Å². The highest BCUT2D eigenvalue weighted by Gasteiger charge is 2.20. The highest BCUT2D eigenvalue weighted by molar-refractivity contribution is 5.87. The number of aliphatic hydroxyl groups is 1. The van der Waals surface area contributed by atoms with Crippen LogP contribution in [0.3, 0.4) is 0 Å². The zero-order valence-corrected chi connectivity index (χ0v) is 11.4. The lowest BCUT2D eigenvalue weighted by Crippen LogP contribution is -2.01. The standard InChI is InChI=1S/C18H18O/c1-12-7-9-15(13(12)2)17-10-8-14-5-3-4-6-16(14)18(17)11-19/h3-10,15,19H,11H2,1-2H3. The molecule has 1 aliphatic carbocycles. The second-order valence-corrected chi connectivity index (χ2v) is 5.22. The van der Waals surface area contributed by atoms with Crippen LogP contribution in [0.15, 0.2) is 59.7 Å². The first-order chi connectivity index (χ1) is 9.22. The number of hydrogen-bond acceptors (Lipinski definition) is 1. The van der Waals surface area contributed by atoms with Gasteiger partial charge in [0.25, 0.3) is 0 Å². The molecule has 0 spiro atoms. The van der Waals surface area contributed by atoms with Crippen LogP contribution in [0.5, 0.6) is 0 Å². The number of fused-ring (bicyclic) bond motifs is 1. The zero-order chi connectivity index (χ0) is 13.4. The van der Waals surface area contributed by atoms with Gasteiger partial charge in [-0.15, -0.1) is 0 Å². The molecule has 1 unspecified atom stereocenters. The smallest absolute Gasteiger partial charge is 0.0690 e. The maximum absolute atomic E-state index is 9.79. The summed E-state index contributed by atoms with van der Waals surface area (Å²) in [5.74, 6) is 0.312. The molecule has 0 aromatic heterocycles. The minimum absolute atomic E-state index is 0.0906. The largest absolute Gasteiger partial charge is 0.392 e. The molecule has 0 saturated carbocycles. The van der Waals surface area contributed by atoms with Crippen molar-refractivity contribution in [3.63, 3.8) is 0 Å². The van der Waals surface area contributed by atoms with E-state index in [0.717, 1.165) is 10.9 Å². The van der Waals surface area contributed by atoms with Gasteiger partial charge >= 0.3 is 0 Å². The Morgan fingerprint density at radius 1 is 1.05 bits per heavy atom. The maximum Gasteiger partial charge on any atom is 0.0690 e. The van der Waals surface area contributed by atoms with E-state index in [1.165, 1.54) is 22.1 Å². The predicted octanol–water partition coefficient (Wildman–Crippen LogP) is 4.32. The number of benzene rings is 2. The van der Waals surface area contributed by atoms with Gasteiger partial charge in [0.05, 0.1) is 6.61 Å². The van der Waals surface area contributed by atoms with E-state index < -0.39 is 0 Å². The third-order valence-corrected chi connectivity index (χ3v) is 4.20. The van der Waals surface area contributed by atoms with E-state index in [4.69, 9.17) is 0 Å². The number of rotatable bonds is 2. The summed E-state index contributed by atoms with van der Waals surface area (Å²) in [7, 11) is 0. The van der Waals surface area contributed by atoms with Crippen molar-refractivity contribution in [2.75, 3.05) is 0 Å². The molecule has 1 N–H and O–H groups in total. The third kappa shape index (κ3) is 1.91. The highest BCUT2D eigenvalue weighted by atomic mass is 16.3. The lowest BCUT2D eigenvalue weighted by atomic mass is 9.87. The normalized spacial score (nSPS) is 18.6. The number of aliphatic hydroxyl groups excluding tert-OH is 1. The van der Waals surface area contributed by atoms with Gasteiger partial charge in [-0.2, -0.15) is 0 Å². The van der Waals surface area contributed by atoms with Crippen LogP contribution in [-0.4, -0.2) is 5.11 Å². The summed E-state index contributed by atoms with van der Waals surface area (Å²) in [6.07, 6.45) is 4.41. The Morgan fingerprint density at radius 3 is 2.53 bits per heavy atom. The molecule has 1 heteroatoms. The summed E-state index contributed by atoms with van der Waals surface area (Å²) in [6.45, 7) is 4.41. The van der Waals surface area contributed by atoms with Crippen molar-refractivity contribution in [3.05, 3.63) is 70.8 Å². The topological polar surface area (TPSA) is 20.2 Å². The molecular weight excluding hydrogens is 232 g/mol. The van der Waals surface area contributed by atoms with E-state index in [2.05, 4.69) is 50.3 Å². The van der Waals surface area contributed by atoms with Gasteiger partial charge in [0.1, 0.15) is 0 Å². The highest BCUT2D eigenvalue weighted by Crippen LogP contribution is 2.37. The Bertz CT molecular complexity index is 692. The Kier molecular flexibility index (Phi) is 3.00. The Labute approximate surface area is 113 Å². The average molecular weight is 250 g/mol. The molecule has 0 fully saturated rings. The van der Waals surface area contributed by atoms with Gasteiger partial charge in [0.15, 0.2) is 0 Å². The Morgan fingerprint density at radius 2 is 1.84 bits per heavy atom. The molecule has 3 rings (SSSR count). The van der Waals surface area contributed by atoms with Crippen LogP contribution in [0.1, 0.15) is 30.9 Å². The fourth-order valence-electron chi connectivity index (χ4n) is 2.92. The molecule has 2 aromatic rings. The molecule has 0 heterocycles. The summed E-state index contributed by atoms with van der Waals surface area (Å²) < 4.78 is 0. The quantitative estimate of drug-likeness (QED) is 0.841. The first kappa shape index (κ1) is 12.2. The van der Waals surface area contributed by atoms with Crippen molar-refractivity contribution in [1.29, 1.82) is 0 Å². The van der Waals surface area contributed by atoms with Gasteiger partial charge in [-0.3, -0.25) is 0 Å². The zero-order valence-electron chi connectivity index (χ0n) is 11.4. The lowest BCUT2D eigenvalue weighted by Gasteiger charge is -2.17. The van der Waals surface area contributed by atoms with Crippen LogP contribution < -0.4 is 0 Å². The Balaban J connectivity index is 2.23. The fourth-order valence-corrected chi connectivity index (χ4v) is 2.92. The summed E-state index contributed by atoms with van der Waals surface area (Å²) in [5, 5.41) is 12.1. The van der Waals surface area contributed by atoms with Crippen molar-refractivity contribution in [1.82, 2.24) is 0 Å². The van der Waals surface area contributed by atoms with E-state index in [1.54, 1.807) is 0 Å². The molecule has 0 saturated heterocycles. The van der Waals surface area contributed by atoms with E-state index in [-0.39, 0.29) is 6.61 Å². The molecule has 0 amide bonds. The van der Waals surface area contributed by atoms with Crippen molar-refractivity contribution < 1.29 is 5.11 Å². The maximum atomic E-state index is 9.79. The second kappa shape index (κ2) is 4.67. The molecule has 1 atom stereocenters. The molecule has 0 radical (unpaired) electrons. The SMILES string of the molecule is CC1=C(C)C(c2ccc3ccccc3c2CO)C=C1. The average Bonchev–Trinajstić information content (AvgIpc) is 2.77. The van der Waals surface area contributed by atoms with Gasteiger partial charge in [0.2, 0.25) is 0 Å². The van der Waals surface area contributed by atoms with Crippen molar-refractivity contribution in [2.24, 2.45) is 0 Å². The predicted molar refractivity (Wildman–Crippen MR) is 80.1 cm³/mol. The van der Waals surface area contributed by atoms with Crippen molar-refractivity contribution in [2.45, 2.75) is 26.4 Å². The Hall–Kier alpha value is -1.86. The summed E-state index contributed by atoms with van der Waals surface area (Å²) in [5.41, 5.74) is 5.00. The van der Waals surface area contributed by atoms with Crippen molar-refractivity contribution >= 4 is 10.8 Å². The number of hydrogen-bond donors (Lipinski definition) is 1. The van der Waals surface area contributed by atoms with Crippen LogP contribution in [-0.2, 0) is 6.61 Å². The minimum Gasteiger partial charge on any atom is -0.392 e. The summed E-state index contributed by atoms with van der Waals surface area (Å²) in [6, 6.07) is 12.6. The molecule has 0 bridgehead atoms. The van der Waals surface area contributed by atoms with Gasteiger partial charge < -0.3 is 5.11 Å². The fraction of sp³-hybridized carbons (Fsp3) is 0.222. The van der Waals surface area contributed by atoms with E-state index in [1.807, 2.05) is 12.1 Å². The first-order valence-electron chi connectivity index (χ1n) is 6.69. The van der Waals surface area contributed by atoms with Crippen LogP contribution in [0.4, 0.5) is 0 Å². The van der Waals surface area contributed by atoms with Crippen LogP contribution in [0.2, 0.25) is 0 Å². The summed E-state index contributed by atoms with van der Waals surface area (Å²) >= 11 is 0. The molecule has 19 heavy (non-hydrogen) atoms.